The first-order valence-electron chi connectivity index (χ1n) is 4.98. The van der Waals surface area contributed by atoms with Gasteiger partial charge in [0.2, 0.25) is 0 Å². The van der Waals surface area contributed by atoms with Crippen molar-refractivity contribution >= 4 is 5.78 Å². The van der Waals surface area contributed by atoms with Crippen molar-refractivity contribution in [2.75, 3.05) is 20.1 Å². The van der Waals surface area contributed by atoms with Crippen molar-refractivity contribution in [3.63, 3.8) is 0 Å². The number of aromatic amines is 1. The molecule has 1 aromatic rings. The standard InChI is InChI=1S/C11H18N2O/c1-10(14)4-7-13(2)8-5-11-3-6-12-9-11/h3,6,9,12H,4-5,7-8H2,1-2H3. The van der Waals surface area contributed by atoms with Crippen LogP contribution in [0.25, 0.3) is 0 Å². The highest BCUT2D eigenvalue weighted by Gasteiger charge is 2.01. The highest BCUT2D eigenvalue weighted by Crippen LogP contribution is 1.99. The van der Waals surface area contributed by atoms with Crippen molar-refractivity contribution in [1.82, 2.24) is 9.88 Å². The maximum Gasteiger partial charge on any atom is 0.131 e. The van der Waals surface area contributed by atoms with E-state index in [0.717, 1.165) is 19.5 Å². The number of rotatable bonds is 6. The van der Waals surface area contributed by atoms with Gasteiger partial charge in [0.1, 0.15) is 5.78 Å². The summed E-state index contributed by atoms with van der Waals surface area (Å²) in [5.41, 5.74) is 1.32. The first-order chi connectivity index (χ1) is 6.68. The molecule has 0 saturated carbocycles. The normalized spacial score (nSPS) is 10.8. The molecule has 0 radical (unpaired) electrons. The van der Waals surface area contributed by atoms with Crippen molar-refractivity contribution < 1.29 is 4.79 Å². The first kappa shape index (κ1) is 11.0. The minimum atomic E-state index is 0.262. The SMILES string of the molecule is CC(=O)CCN(C)CCc1cc[nH]c1. The molecule has 0 aliphatic heterocycles. The number of carbonyl (C=O) groups excluding carboxylic acids is 1. The Morgan fingerprint density at radius 3 is 2.86 bits per heavy atom. The first-order valence-corrected chi connectivity index (χ1v) is 4.98. The summed E-state index contributed by atoms with van der Waals surface area (Å²) in [6, 6.07) is 2.08. The summed E-state index contributed by atoms with van der Waals surface area (Å²) >= 11 is 0. The van der Waals surface area contributed by atoms with Gasteiger partial charge in [-0.05, 0) is 32.0 Å². The Morgan fingerprint density at radius 1 is 1.50 bits per heavy atom. The van der Waals surface area contributed by atoms with Crippen molar-refractivity contribution in [3.8, 4) is 0 Å². The van der Waals surface area contributed by atoms with Gasteiger partial charge in [-0.2, -0.15) is 0 Å². The lowest BCUT2D eigenvalue weighted by molar-refractivity contribution is -0.117. The highest BCUT2D eigenvalue weighted by atomic mass is 16.1. The molecule has 1 heterocycles. The largest absolute Gasteiger partial charge is 0.367 e. The lowest BCUT2D eigenvalue weighted by Crippen LogP contribution is -2.23. The van der Waals surface area contributed by atoms with Gasteiger partial charge in [-0.25, -0.2) is 0 Å². The number of aromatic nitrogens is 1. The fraction of sp³-hybridized carbons (Fsp3) is 0.545. The fourth-order valence-corrected chi connectivity index (χ4v) is 1.29. The maximum atomic E-state index is 10.7. The van der Waals surface area contributed by atoms with Crippen LogP contribution in [0.3, 0.4) is 0 Å². The topological polar surface area (TPSA) is 36.1 Å². The summed E-state index contributed by atoms with van der Waals surface area (Å²) < 4.78 is 0. The second-order valence-electron chi connectivity index (χ2n) is 3.72. The lowest BCUT2D eigenvalue weighted by Gasteiger charge is -2.14. The molecule has 0 fully saturated rings. The molecule has 0 aromatic carbocycles. The van der Waals surface area contributed by atoms with Gasteiger partial charge in [-0.3, -0.25) is 4.79 Å². The van der Waals surface area contributed by atoms with Crippen LogP contribution in [-0.2, 0) is 11.2 Å². The quantitative estimate of drug-likeness (QED) is 0.744. The number of nitrogens with one attached hydrogen (secondary N) is 1. The van der Waals surface area contributed by atoms with Crippen LogP contribution in [0, 0.1) is 0 Å². The molecule has 1 rings (SSSR count). The molecule has 0 saturated heterocycles. The zero-order valence-corrected chi connectivity index (χ0v) is 8.92. The average Bonchev–Trinajstić information content (AvgIpc) is 2.63. The molecule has 14 heavy (non-hydrogen) atoms. The van der Waals surface area contributed by atoms with Gasteiger partial charge in [0, 0.05) is 31.9 Å². The van der Waals surface area contributed by atoms with Crippen LogP contribution in [0.4, 0.5) is 0 Å². The molecule has 0 unspecified atom stereocenters. The van der Waals surface area contributed by atoms with Crippen LogP contribution in [-0.4, -0.2) is 35.8 Å². The van der Waals surface area contributed by atoms with E-state index in [1.54, 1.807) is 6.92 Å². The van der Waals surface area contributed by atoms with E-state index >= 15 is 0 Å². The third kappa shape index (κ3) is 4.23. The van der Waals surface area contributed by atoms with Crippen LogP contribution in [0.1, 0.15) is 18.9 Å². The van der Waals surface area contributed by atoms with Crippen molar-refractivity contribution in [1.29, 1.82) is 0 Å². The Hall–Kier alpha value is -1.09. The van der Waals surface area contributed by atoms with Crippen LogP contribution >= 0.6 is 0 Å². The van der Waals surface area contributed by atoms with Gasteiger partial charge in [0.05, 0.1) is 0 Å². The molecule has 0 amide bonds. The molecule has 0 aliphatic carbocycles. The smallest absolute Gasteiger partial charge is 0.131 e. The summed E-state index contributed by atoms with van der Waals surface area (Å²) in [5, 5.41) is 0. The van der Waals surface area contributed by atoms with Gasteiger partial charge in [-0.1, -0.05) is 0 Å². The van der Waals surface area contributed by atoms with Crippen LogP contribution in [0.2, 0.25) is 0 Å². The Balaban J connectivity index is 2.15. The van der Waals surface area contributed by atoms with Gasteiger partial charge in [0.15, 0.2) is 0 Å². The summed E-state index contributed by atoms with van der Waals surface area (Å²) in [5.74, 6) is 0.262. The van der Waals surface area contributed by atoms with Crippen LogP contribution in [0.5, 0.6) is 0 Å². The third-order valence-corrected chi connectivity index (χ3v) is 2.29. The molecule has 0 aliphatic rings. The molecule has 0 spiro atoms. The van der Waals surface area contributed by atoms with Crippen molar-refractivity contribution in [3.05, 3.63) is 24.0 Å². The number of likely N-dealkylation sites (N-methyl/N-ethyl adjacent to an activating group) is 1. The second-order valence-corrected chi connectivity index (χ2v) is 3.72. The molecule has 1 aromatic heterocycles. The number of ketones is 1. The van der Waals surface area contributed by atoms with E-state index in [9.17, 15) is 4.79 Å². The van der Waals surface area contributed by atoms with Crippen molar-refractivity contribution in [2.45, 2.75) is 19.8 Å². The number of nitrogens with zero attached hydrogens (tertiary/aromatic N) is 1. The molecular weight excluding hydrogens is 176 g/mol. The summed E-state index contributed by atoms with van der Waals surface area (Å²) in [4.78, 5) is 16.0. The molecule has 3 heteroatoms. The van der Waals surface area contributed by atoms with E-state index in [0.29, 0.717) is 6.42 Å². The molecule has 78 valence electrons. The molecule has 3 nitrogen and oxygen atoms in total. The van der Waals surface area contributed by atoms with Crippen LogP contribution in [0.15, 0.2) is 18.5 Å². The molecule has 0 bridgehead atoms. The number of H-pyrrole nitrogens is 1. The Morgan fingerprint density at radius 2 is 2.29 bits per heavy atom. The number of hydrogen-bond donors (Lipinski definition) is 1. The summed E-state index contributed by atoms with van der Waals surface area (Å²) in [6.45, 7) is 3.50. The van der Waals surface area contributed by atoms with E-state index in [1.807, 2.05) is 12.4 Å². The second kappa shape index (κ2) is 5.60. The minimum Gasteiger partial charge on any atom is -0.367 e. The molecule has 0 atom stereocenters. The minimum absolute atomic E-state index is 0.262. The summed E-state index contributed by atoms with van der Waals surface area (Å²) in [7, 11) is 2.05. The lowest BCUT2D eigenvalue weighted by atomic mass is 10.2. The van der Waals surface area contributed by atoms with Gasteiger partial charge in [0.25, 0.3) is 0 Å². The number of hydrogen-bond acceptors (Lipinski definition) is 2. The summed E-state index contributed by atoms with van der Waals surface area (Å²) in [6.07, 6.45) is 5.64. The zero-order valence-electron chi connectivity index (χ0n) is 8.92. The Bertz CT molecular complexity index is 267. The Labute approximate surface area is 85.1 Å². The van der Waals surface area contributed by atoms with Crippen LogP contribution < -0.4 is 0 Å². The molecule has 1 N–H and O–H groups in total. The van der Waals surface area contributed by atoms with Crippen molar-refractivity contribution in [2.24, 2.45) is 0 Å². The highest BCUT2D eigenvalue weighted by molar-refractivity contribution is 5.75. The van der Waals surface area contributed by atoms with Gasteiger partial charge in [-0.15, -0.1) is 0 Å². The number of Topliss-reactive ketones (excluding diaryl/α,β-unsaturated/α-hetero) is 1. The van der Waals surface area contributed by atoms with Gasteiger partial charge < -0.3 is 9.88 Å². The maximum absolute atomic E-state index is 10.7. The predicted molar refractivity (Wildman–Crippen MR) is 57.3 cm³/mol. The van der Waals surface area contributed by atoms with E-state index < -0.39 is 0 Å². The van der Waals surface area contributed by atoms with E-state index in [2.05, 4.69) is 23.0 Å². The molecular formula is C11H18N2O. The zero-order chi connectivity index (χ0) is 10.4. The van der Waals surface area contributed by atoms with E-state index in [1.165, 1.54) is 5.56 Å². The van der Waals surface area contributed by atoms with Gasteiger partial charge >= 0.3 is 0 Å². The Kier molecular flexibility index (Phi) is 4.40. The monoisotopic (exact) mass is 194 g/mol. The van der Waals surface area contributed by atoms with E-state index in [4.69, 9.17) is 0 Å². The third-order valence-electron chi connectivity index (χ3n) is 2.29. The fourth-order valence-electron chi connectivity index (χ4n) is 1.29. The number of carbonyl (C=O) groups is 1. The predicted octanol–water partition coefficient (Wildman–Crippen LogP) is 1.47. The average molecular weight is 194 g/mol. The van der Waals surface area contributed by atoms with E-state index in [-0.39, 0.29) is 5.78 Å².